The summed E-state index contributed by atoms with van der Waals surface area (Å²) in [5.74, 6) is 2.35. The number of rotatable bonds is 3. The van der Waals surface area contributed by atoms with Crippen molar-refractivity contribution < 1.29 is 0 Å². The summed E-state index contributed by atoms with van der Waals surface area (Å²) in [4.78, 5) is 8.58. The molecule has 0 aliphatic heterocycles. The van der Waals surface area contributed by atoms with Crippen molar-refractivity contribution in [3.8, 4) is 5.82 Å². The van der Waals surface area contributed by atoms with E-state index >= 15 is 0 Å². The number of nitrogens with one attached hydrogen (secondary N) is 1. The van der Waals surface area contributed by atoms with Gasteiger partial charge in [-0.1, -0.05) is 0 Å². The maximum Gasteiger partial charge on any atom is 0.159 e. The van der Waals surface area contributed by atoms with E-state index in [2.05, 4.69) is 20.4 Å². The van der Waals surface area contributed by atoms with Crippen LogP contribution in [0.25, 0.3) is 5.82 Å². The predicted octanol–water partition coefficient (Wildman–Crippen LogP) is 1.40. The van der Waals surface area contributed by atoms with Crippen molar-refractivity contribution in [2.75, 3.05) is 11.9 Å². The minimum absolute atomic E-state index is 0.735. The normalized spacial score (nSPS) is 10.3. The van der Waals surface area contributed by atoms with Crippen molar-refractivity contribution in [1.29, 1.82) is 0 Å². The third kappa shape index (κ3) is 2.12. The molecule has 0 saturated heterocycles. The van der Waals surface area contributed by atoms with Crippen molar-refractivity contribution in [3.05, 3.63) is 30.4 Å². The van der Waals surface area contributed by atoms with E-state index in [1.54, 1.807) is 10.9 Å². The molecule has 0 aliphatic carbocycles. The number of aromatic nitrogens is 4. The summed E-state index contributed by atoms with van der Waals surface area (Å²) in [6.45, 7) is 4.74. The van der Waals surface area contributed by atoms with Crippen LogP contribution in [-0.2, 0) is 0 Å². The molecule has 0 atom stereocenters. The monoisotopic (exact) mass is 203 g/mol. The second kappa shape index (κ2) is 4.08. The van der Waals surface area contributed by atoms with Gasteiger partial charge in [0.15, 0.2) is 5.82 Å². The molecular formula is C10H13N5. The summed E-state index contributed by atoms with van der Waals surface area (Å²) in [7, 11) is 0. The van der Waals surface area contributed by atoms with Gasteiger partial charge in [-0.25, -0.2) is 14.6 Å². The third-order valence-corrected chi connectivity index (χ3v) is 1.92. The summed E-state index contributed by atoms with van der Waals surface area (Å²) in [6, 6.07) is 3.74. The second-order valence-electron chi connectivity index (χ2n) is 3.14. The summed E-state index contributed by atoms with van der Waals surface area (Å²) < 4.78 is 1.72. The van der Waals surface area contributed by atoms with Crippen LogP contribution in [0.4, 0.5) is 5.82 Å². The molecule has 2 heterocycles. The zero-order chi connectivity index (χ0) is 10.7. The molecule has 78 valence electrons. The highest BCUT2D eigenvalue weighted by Gasteiger charge is 2.02. The van der Waals surface area contributed by atoms with Crippen LogP contribution in [0.15, 0.2) is 24.5 Å². The smallest absolute Gasteiger partial charge is 0.159 e. The highest BCUT2D eigenvalue weighted by atomic mass is 15.3. The summed E-state index contributed by atoms with van der Waals surface area (Å²) >= 11 is 0. The predicted molar refractivity (Wildman–Crippen MR) is 58.1 cm³/mol. The van der Waals surface area contributed by atoms with E-state index in [0.29, 0.717) is 0 Å². The Labute approximate surface area is 88.2 Å². The van der Waals surface area contributed by atoms with E-state index in [1.807, 2.05) is 32.2 Å². The molecule has 2 rings (SSSR count). The molecule has 0 aliphatic rings. The van der Waals surface area contributed by atoms with Crippen molar-refractivity contribution in [3.63, 3.8) is 0 Å². The molecule has 0 saturated carbocycles. The van der Waals surface area contributed by atoms with Gasteiger partial charge in [-0.05, 0) is 19.9 Å². The molecule has 0 spiro atoms. The third-order valence-electron chi connectivity index (χ3n) is 1.92. The van der Waals surface area contributed by atoms with Gasteiger partial charge in [-0.3, -0.25) is 0 Å². The topological polar surface area (TPSA) is 55.6 Å². The van der Waals surface area contributed by atoms with Gasteiger partial charge in [0.1, 0.15) is 11.6 Å². The fourth-order valence-electron chi connectivity index (χ4n) is 1.35. The van der Waals surface area contributed by atoms with Gasteiger partial charge in [0.25, 0.3) is 0 Å². The molecule has 2 aromatic heterocycles. The van der Waals surface area contributed by atoms with Gasteiger partial charge in [0.05, 0.1) is 0 Å². The molecule has 0 radical (unpaired) electrons. The molecule has 0 bridgehead atoms. The van der Waals surface area contributed by atoms with E-state index in [9.17, 15) is 0 Å². The van der Waals surface area contributed by atoms with Crippen LogP contribution in [-0.4, -0.2) is 26.3 Å². The van der Waals surface area contributed by atoms with Crippen LogP contribution in [0.1, 0.15) is 12.7 Å². The van der Waals surface area contributed by atoms with Crippen LogP contribution in [0, 0.1) is 6.92 Å². The summed E-state index contributed by atoms with van der Waals surface area (Å²) in [5.41, 5.74) is 0. The van der Waals surface area contributed by atoms with Crippen molar-refractivity contribution in [2.45, 2.75) is 13.8 Å². The molecule has 5 nitrogen and oxygen atoms in total. The highest BCUT2D eigenvalue weighted by molar-refractivity contribution is 5.41. The lowest BCUT2D eigenvalue weighted by molar-refractivity contribution is 0.828. The Morgan fingerprint density at radius 1 is 1.40 bits per heavy atom. The average Bonchev–Trinajstić information content (AvgIpc) is 2.70. The van der Waals surface area contributed by atoms with Gasteiger partial charge in [0.2, 0.25) is 0 Å². The highest BCUT2D eigenvalue weighted by Crippen LogP contribution is 2.09. The lowest BCUT2D eigenvalue weighted by atomic mass is 10.5. The molecule has 0 aromatic carbocycles. The number of hydrogen-bond acceptors (Lipinski definition) is 4. The SMILES string of the molecule is CCNc1cc(-n2cccn2)nc(C)n1. The Kier molecular flexibility index (Phi) is 2.62. The van der Waals surface area contributed by atoms with Crippen molar-refractivity contribution >= 4 is 5.82 Å². The standard InChI is InChI=1S/C10H13N5/c1-3-11-9-7-10(14-8(2)13-9)15-6-4-5-12-15/h4-7H,3H2,1-2H3,(H,11,13,14). The lowest BCUT2D eigenvalue weighted by Crippen LogP contribution is -2.06. The fourth-order valence-corrected chi connectivity index (χ4v) is 1.35. The van der Waals surface area contributed by atoms with Gasteiger partial charge in [0, 0.05) is 25.0 Å². The molecule has 0 unspecified atom stereocenters. The molecule has 0 fully saturated rings. The Balaban J connectivity index is 2.40. The van der Waals surface area contributed by atoms with Gasteiger partial charge in [-0.15, -0.1) is 0 Å². The molecule has 1 N–H and O–H groups in total. The molecule has 0 amide bonds. The van der Waals surface area contributed by atoms with E-state index in [1.165, 1.54) is 0 Å². The Bertz CT molecular complexity index is 435. The van der Waals surface area contributed by atoms with Crippen LogP contribution in [0.5, 0.6) is 0 Å². The second-order valence-corrected chi connectivity index (χ2v) is 3.14. The van der Waals surface area contributed by atoms with E-state index in [-0.39, 0.29) is 0 Å². The van der Waals surface area contributed by atoms with Crippen LogP contribution >= 0.6 is 0 Å². The Morgan fingerprint density at radius 3 is 2.93 bits per heavy atom. The average molecular weight is 203 g/mol. The largest absolute Gasteiger partial charge is 0.370 e. The van der Waals surface area contributed by atoms with Crippen LogP contribution in [0.2, 0.25) is 0 Å². The summed E-state index contributed by atoms with van der Waals surface area (Å²) in [5, 5.41) is 7.29. The quantitative estimate of drug-likeness (QED) is 0.819. The first-order valence-corrected chi connectivity index (χ1v) is 4.89. The Morgan fingerprint density at radius 2 is 2.27 bits per heavy atom. The number of aryl methyl sites for hydroxylation is 1. The zero-order valence-corrected chi connectivity index (χ0v) is 8.81. The maximum atomic E-state index is 4.31. The number of nitrogens with zero attached hydrogens (tertiary/aromatic N) is 4. The zero-order valence-electron chi connectivity index (χ0n) is 8.81. The number of hydrogen-bond donors (Lipinski definition) is 1. The minimum Gasteiger partial charge on any atom is -0.370 e. The van der Waals surface area contributed by atoms with Crippen LogP contribution < -0.4 is 5.32 Å². The molecule has 2 aromatic rings. The Hall–Kier alpha value is -1.91. The first kappa shape index (κ1) is 9.64. The van der Waals surface area contributed by atoms with E-state index in [4.69, 9.17) is 0 Å². The molecular weight excluding hydrogens is 190 g/mol. The molecule has 5 heteroatoms. The van der Waals surface area contributed by atoms with E-state index in [0.717, 1.165) is 24.0 Å². The van der Waals surface area contributed by atoms with Crippen LogP contribution in [0.3, 0.4) is 0 Å². The first-order valence-electron chi connectivity index (χ1n) is 4.89. The first-order chi connectivity index (χ1) is 7.29. The summed E-state index contributed by atoms with van der Waals surface area (Å²) in [6.07, 6.45) is 3.59. The molecule has 15 heavy (non-hydrogen) atoms. The van der Waals surface area contributed by atoms with Gasteiger partial charge < -0.3 is 5.32 Å². The van der Waals surface area contributed by atoms with Crippen molar-refractivity contribution in [2.24, 2.45) is 0 Å². The lowest BCUT2D eigenvalue weighted by Gasteiger charge is -2.06. The maximum absolute atomic E-state index is 4.31. The fraction of sp³-hybridized carbons (Fsp3) is 0.300. The van der Waals surface area contributed by atoms with Gasteiger partial charge >= 0.3 is 0 Å². The minimum atomic E-state index is 0.735. The van der Waals surface area contributed by atoms with Crippen molar-refractivity contribution in [1.82, 2.24) is 19.7 Å². The van der Waals surface area contributed by atoms with E-state index < -0.39 is 0 Å². The number of anilines is 1. The van der Waals surface area contributed by atoms with Gasteiger partial charge in [-0.2, -0.15) is 5.10 Å².